The van der Waals surface area contributed by atoms with Gasteiger partial charge in [-0.05, 0) is 53.3 Å². The van der Waals surface area contributed by atoms with Crippen LogP contribution in [0.4, 0.5) is 24.7 Å². The second kappa shape index (κ2) is 5.13. The summed E-state index contributed by atoms with van der Waals surface area (Å²) in [6, 6.07) is 3.84. The number of pyridine rings is 1. The molecule has 0 radical (unpaired) electrons. The molecule has 6 heteroatoms. The molecule has 0 fully saturated rings. The summed E-state index contributed by atoms with van der Waals surface area (Å²) in [5.41, 5.74) is 0.636. The number of aryl methyl sites for hydroxylation is 1. The maximum Gasteiger partial charge on any atom is 0.196 e. The number of aromatic nitrogens is 1. The van der Waals surface area contributed by atoms with Crippen LogP contribution in [0.1, 0.15) is 5.56 Å². The zero-order chi connectivity index (χ0) is 13.3. The van der Waals surface area contributed by atoms with Gasteiger partial charge in [0.2, 0.25) is 0 Å². The summed E-state index contributed by atoms with van der Waals surface area (Å²) in [5, 5.41) is 2.64. The second-order valence-electron chi connectivity index (χ2n) is 3.67. The zero-order valence-corrected chi connectivity index (χ0v) is 11.4. The van der Waals surface area contributed by atoms with Gasteiger partial charge in [-0.1, -0.05) is 0 Å². The Labute approximate surface area is 115 Å². The van der Waals surface area contributed by atoms with Crippen LogP contribution in [0.25, 0.3) is 0 Å². The van der Waals surface area contributed by atoms with Gasteiger partial charge in [-0.15, -0.1) is 0 Å². The summed E-state index contributed by atoms with van der Waals surface area (Å²) in [7, 11) is 0. The Kier molecular flexibility index (Phi) is 3.74. The molecule has 0 saturated heterocycles. The average Bonchev–Trinajstić information content (AvgIpc) is 2.33. The summed E-state index contributed by atoms with van der Waals surface area (Å²) in [6.07, 6.45) is 1.59. The van der Waals surface area contributed by atoms with Gasteiger partial charge in [-0.25, -0.2) is 18.2 Å². The Hall–Kier alpha value is -1.31. The minimum atomic E-state index is -1.50. The third-order valence-corrected chi connectivity index (χ3v) is 2.92. The third-order valence-electron chi connectivity index (χ3n) is 2.33. The van der Waals surface area contributed by atoms with Gasteiger partial charge in [0.25, 0.3) is 0 Å². The molecule has 0 spiro atoms. The average molecular weight is 364 g/mol. The molecule has 1 heterocycles. The molecule has 0 unspecified atom stereocenters. The Morgan fingerprint density at radius 3 is 2.56 bits per heavy atom. The molecular formula is C12H8F3IN2. The number of benzene rings is 1. The first-order valence-corrected chi connectivity index (χ1v) is 6.09. The summed E-state index contributed by atoms with van der Waals surface area (Å²) in [5.74, 6) is -3.57. The Bertz CT molecular complexity index is 602. The van der Waals surface area contributed by atoms with E-state index < -0.39 is 17.5 Å². The Balaban J connectivity index is 2.37. The fraction of sp³-hybridized carbons (Fsp3) is 0.0833. The lowest BCUT2D eigenvalue weighted by Gasteiger charge is -2.10. The quantitative estimate of drug-likeness (QED) is 0.640. The van der Waals surface area contributed by atoms with Crippen LogP contribution in [0.5, 0.6) is 0 Å². The van der Waals surface area contributed by atoms with Crippen molar-refractivity contribution in [2.45, 2.75) is 6.92 Å². The van der Waals surface area contributed by atoms with E-state index in [0.717, 1.165) is 21.3 Å². The van der Waals surface area contributed by atoms with Crippen LogP contribution < -0.4 is 5.32 Å². The molecule has 0 amide bonds. The fourth-order valence-electron chi connectivity index (χ4n) is 1.42. The monoisotopic (exact) mass is 364 g/mol. The van der Waals surface area contributed by atoms with E-state index in [2.05, 4.69) is 32.9 Å². The molecule has 1 N–H and O–H groups in total. The van der Waals surface area contributed by atoms with Crippen LogP contribution >= 0.6 is 22.6 Å². The van der Waals surface area contributed by atoms with Crippen molar-refractivity contribution in [3.05, 3.63) is 51.0 Å². The van der Waals surface area contributed by atoms with Crippen molar-refractivity contribution in [2.75, 3.05) is 5.32 Å². The lowest BCUT2D eigenvalue weighted by Crippen LogP contribution is -2.01. The standard InChI is InChI=1S/C12H8F3IN2/c1-6-4-7(16)5-17-12(6)18-9-3-2-8(13)10(14)11(9)15/h2-5H,1H3,(H,17,18). The normalized spacial score (nSPS) is 10.5. The van der Waals surface area contributed by atoms with Gasteiger partial charge in [0, 0.05) is 9.77 Å². The molecule has 0 saturated carbocycles. The predicted molar refractivity (Wildman–Crippen MR) is 71.3 cm³/mol. The van der Waals surface area contributed by atoms with Crippen molar-refractivity contribution in [3.63, 3.8) is 0 Å². The van der Waals surface area contributed by atoms with E-state index in [1.807, 2.05) is 6.07 Å². The molecule has 0 aliphatic rings. The second-order valence-corrected chi connectivity index (χ2v) is 4.91. The molecule has 1 aromatic heterocycles. The van der Waals surface area contributed by atoms with E-state index in [9.17, 15) is 13.2 Å². The number of halogens is 4. The molecule has 18 heavy (non-hydrogen) atoms. The highest BCUT2D eigenvalue weighted by molar-refractivity contribution is 14.1. The molecule has 0 aliphatic heterocycles. The number of hydrogen-bond acceptors (Lipinski definition) is 2. The molecule has 2 rings (SSSR count). The summed E-state index contributed by atoms with van der Waals surface area (Å²) in [6.45, 7) is 1.79. The smallest absolute Gasteiger partial charge is 0.196 e. The highest BCUT2D eigenvalue weighted by Crippen LogP contribution is 2.24. The molecule has 0 atom stereocenters. The van der Waals surface area contributed by atoms with E-state index in [1.54, 1.807) is 13.1 Å². The number of hydrogen-bond donors (Lipinski definition) is 1. The largest absolute Gasteiger partial charge is 0.338 e. The van der Waals surface area contributed by atoms with Gasteiger partial charge in [0.15, 0.2) is 17.5 Å². The number of nitrogens with one attached hydrogen (secondary N) is 1. The Morgan fingerprint density at radius 1 is 1.17 bits per heavy atom. The fourth-order valence-corrected chi connectivity index (χ4v) is 2.03. The van der Waals surface area contributed by atoms with Crippen LogP contribution in [0.3, 0.4) is 0 Å². The van der Waals surface area contributed by atoms with Gasteiger partial charge in [0.05, 0.1) is 5.69 Å². The van der Waals surface area contributed by atoms with Crippen molar-refractivity contribution < 1.29 is 13.2 Å². The molecule has 1 aromatic carbocycles. The highest BCUT2D eigenvalue weighted by Gasteiger charge is 2.14. The van der Waals surface area contributed by atoms with Gasteiger partial charge >= 0.3 is 0 Å². The van der Waals surface area contributed by atoms with Gasteiger partial charge in [-0.2, -0.15) is 0 Å². The SMILES string of the molecule is Cc1cc(I)cnc1Nc1ccc(F)c(F)c1F. The number of anilines is 2. The maximum absolute atomic E-state index is 13.5. The zero-order valence-electron chi connectivity index (χ0n) is 9.27. The summed E-state index contributed by atoms with van der Waals surface area (Å²) in [4.78, 5) is 4.06. The molecule has 2 nitrogen and oxygen atoms in total. The van der Waals surface area contributed by atoms with Crippen molar-refractivity contribution in [2.24, 2.45) is 0 Å². The van der Waals surface area contributed by atoms with Crippen molar-refractivity contribution >= 4 is 34.1 Å². The number of rotatable bonds is 2. The van der Waals surface area contributed by atoms with Gasteiger partial charge < -0.3 is 5.32 Å². The molecule has 0 bridgehead atoms. The van der Waals surface area contributed by atoms with Gasteiger partial charge in [-0.3, -0.25) is 0 Å². The molecule has 94 valence electrons. The molecule has 0 aliphatic carbocycles. The van der Waals surface area contributed by atoms with Crippen LogP contribution in [0, 0.1) is 27.9 Å². The highest BCUT2D eigenvalue weighted by atomic mass is 127. The van der Waals surface area contributed by atoms with Crippen molar-refractivity contribution in [1.82, 2.24) is 4.98 Å². The lowest BCUT2D eigenvalue weighted by atomic mass is 10.2. The van der Waals surface area contributed by atoms with Crippen LogP contribution in [0.15, 0.2) is 24.4 Å². The van der Waals surface area contributed by atoms with E-state index in [1.165, 1.54) is 0 Å². The topological polar surface area (TPSA) is 24.9 Å². The van der Waals surface area contributed by atoms with E-state index in [4.69, 9.17) is 0 Å². The minimum absolute atomic E-state index is 0.147. The summed E-state index contributed by atoms with van der Waals surface area (Å²) < 4.78 is 40.2. The summed E-state index contributed by atoms with van der Waals surface area (Å²) >= 11 is 2.10. The van der Waals surface area contributed by atoms with Crippen molar-refractivity contribution in [3.8, 4) is 0 Å². The first-order chi connectivity index (χ1) is 8.49. The van der Waals surface area contributed by atoms with Crippen LogP contribution in [-0.4, -0.2) is 4.98 Å². The van der Waals surface area contributed by atoms with E-state index >= 15 is 0 Å². The van der Waals surface area contributed by atoms with E-state index in [-0.39, 0.29) is 5.69 Å². The first-order valence-electron chi connectivity index (χ1n) is 5.01. The van der Waals surface area contributed by atoms with Crippen molar-refractivity contribution in [1.29, 1.82) is 0 Å². The van der Waals surface area contributed by atoms with Crippen LogP contribution in [0.2, 0.25) is 0 Å². The lowest BCUT2D eigenvalue weighted by molar-refractivity contribution is 0.449. The maximum atomic E-state index is 13.5. The first kappa shape index (κ1) is 13.1. The van der Waals surface area contributed by atoms with Gasteiger partial charge in [0.1, 0.15) is 5.82 Å². The predicted octanol–water partition coefficient (Wildman–Crippen LogP) is 4.16. The Morgan fingerprint density at radius 2 is 1.89 bits per heavy atom. The molecular weight excluding hydrogens is 356 g/mol. The third kappa shape index (κ3) is 2.58. The van der Waals surface area contributed by atoms with Crippen LogP contribution in [-0.2, 0) is 0 Å². The number of nitrogens with zero attached hydrogens (tertiary/aromatic N) is 1. The minimum Gasteiger partial charge on any atom is -0.338 e. The molecule has 2 aromatic rings. The van der Waals surface area contributed by atoms with E-state index in [0.29, 0.717) is 5.82 Å².